The number of nitriles is 1. The fourth-order valence-corrected chi connectivity index (χ4v) is 2.13. The first-order valence-electron chi connectivity index (χ1n) is 4.69. The lowest BCUT2D eigenvalue weighted by molar-refractivity contribution is 0.732. The number of fused-ring (bicyclic) bond motifs is 1. The van der Waals surface area contributed by atoms with Crippen LogP contribution in [-0.2, 0) is 0 Å². The first kappa shape index (κ1) is 9.36. The number of nitrogens with zero attached hydrogens (tertiary/aromatic N) is 1. The second-order valence-electron chi connectivity index (χ2n) is 3.47. The van der Waals surface area contributed by atoms with Gasteiger partial charge in [-0.05, 0) is 30.2 Å². The van der Waals surface area contributed by atoms with E-state index in [1.54, 1.807) is 0 Å². The highest BCUT2D eigenvalue weighted by Gasteiger charge is 2.21. The van der Waals surface area contributed by atoms with Gasteiger partial charge in [0.25, 0.3) is 0 Å². The Balaban J connectivity index is 2.33. The molecular formula is C11H11ClN2. The summed E-state index contributed by atoms with van der Waals surface area (Å²) < 4.78 is 0. The number of rotatable bonds is 2. The van der Waals surface area contributed by atoms with Crippen LogP contribution in [0.5, 0.6) is 0 Å². The number of anilines is 1. The monoisotopic (exact) mass is 206 g/mol. The minimum absolute atomic E-state index is 0.468. The van der Waals surface area contributed by atoms with Crippen LogP contribution < -0.4 is 5.32 Å². The molecule has 1 unspecified atom stereocenters. The quantitative estimate of drug-likeness (QED) is 0.756. The third-order valence-electron chi connectivity index (χ3n) is 2.62. The minimum Gasteiger partial charge on any atom is -0.384 e. The van der Waals surface area contributed by atoms with Gasteiger partial charge in [-0.25, -0.2) is 0 Å². The van der Waals surface area contributed by atoms with Crippen molar-refractivity contribution in [2.24, 2.45) is 0 Å². The molecule has 0 fully saturated rings. The third kappa shape index (κ3) is 1.56. The van der Waals surface area contributed by atoms with Gasteiger partial charge in [-0.2, -0.15) is 5.26 Å². The summed E-state index contributed by atoms with van der Waals surface area (Å²) in [5.74, 6) is 1.14. The van der Waals surface area contributed by atoms with Gasteiger partial charge in [0.1, 0.15) is 0 Å². The molecule has 3 heteroatoms. The molecule has 2 rings (SSSR count). The van der Waals surface area contributed by atoms with Crippen molar-refractivity contribution in [3.8, 4) is 6.07 Å². The van der Waals surface area contributed by atoms with E-state index in [-0.39, 0.29) is 0 Å². The maximum atomic E-state index is 8.79. The van der Waals surface area contributed by atoms with Crippen molar-refractivity contribution in [3.05, 3.63) is 29.3 Å². The van der Waals surface area contributed by atoms with Crippen molar-refractivity contribution >= 4 is 17.3 Å². The summed E-state index contributed by atoms with van der Waals surface area (Å²) >= 11 is 5.73. The van der Waals surface area contributed by atoms with Crippen LogP contribution >= 0.6 is 11.6 Å². The highest BCUT2D eigenvalue weighted by atomic mass is 35.5. The molecule has 0 radical (unpaired) electrons. The van der Waals surface area contributed by atoms with Crippen LogP contribution in [0.4, 0.5) is 5.69 Å². The number of hydrogen-bond acceptors (Lipinski definition) is 2. The normalized spacial score (nSPS) is 18.4. The molecule has 0 saturated heterocycles. The van der Waals surface area contributed by atoms with Crippen LogP contribution in [0.2, 0.25) is 0 Å². The van der Waals surface area contributed by atoms with Crippen molar-refractivity contribution < 1.29 is 0 Å². The molecule has 14 heavy (non-hydrogen) atoms. The minimum atomic E-state index is 0.468. The van der Waals surface area contributed by atoms with Crippen LogP contribution in [-0.4, -0.2) is 12.4 Å². The van der Waals surface area contributed by atoms with Gasteiger partial charge in [0.15, 0.2) is 0 Å². The summed E-state index contributed by atoms with van der Waals surface area (Å²) in [6.45, 7) is 0.941. The Morgan fingerprint density at radius 2 is 2.43 bits per heavy atom. The Hall–Kier alpha value is -1.20. The summed E-state index contributed by atoms with van der Waals surface area (Å²) in [5, 5.41) is 12.1. The summed E-state index contributed by atoms with van der Waals surface area (Å²) in [6.07, 6.45) is 0.969. The van der Waals surface area contributed by atoms with E-state index in [2.05, 4.69) is 11.4 Å². The molecule has 2 nitrogen and oxygen atoms in total. The molecule has 1 aliphatic rings. The molecule has 0 saturated carbocycles. The number of halogens is 1. The zero-order valence-corrected chi connectivity index (χ0v) is 8.51. The molecule has 0 amide bonds. The Morgan fingerprint density at radius 1 is 1.57 bits per heavy atom. The number of nitrogens with one attached hydrogen (secondary N) is 1. The topological polar surface area (TPSA) is 35.8 Å². The molecular weight excluding hydrogens is 196 g/mol. The maximum Gasteiger partial charge on any atom is 0.0991 e. The average molecular weight is 207 g/mol. The Labute approximate surface area is 88.5 Å². The zero-order valence-electron chi connectivity index (χ0n) is 7.76. The standard InChI is InChI=1S/C11H11ClN2/c12-4-3-9-7-14-11-2-1-8(6-13)5-10(9)11/h1-2,5,9,14H,3-4,7H2. The second kappa shape index (κ2) is 3.89. The van der Waals surface area contributed by atoms with Crippen LogP contribution in [0.25, 0.3) is 0 Å². The lowest BCUT2D eigenvalue weighted by atomic mass is 9.97. The molecule has 1 aromatic rings. The van der Waals surface area contributed by atoms with Crippen LogP contribution in [0, 0.1) is 11.3 Å². The first-order valence-corrected chi connectivity index (χ1v) is 5.22. The van der Waals surface area contributed by atoms with E-state index < -0.39 is 0 Å². The summed E-state index contributed by atoms with van der Waals surface area (Å²) in [5.41, 5.74) is 3.12. The molecule has 1 heterocycles. The van der Waals surface area contributed by atoms with E-state index in [1.165, 1.54) is 5.56 Å². The fourth-order valence-electron chi connectivity index (χ4n) is 1.86. The Kier molecular flexibility index (Phi) is 2.60. The number of alkyl halides is 1. The van der Waals surface area contributed by atoms with Gasteiger partial charge in [0.05, 0.1) is 11.6 Å². The van der Waals surface area contributed by atoms with Gasteiger partial charge in [-0.1, -0.05) is 0 Å². The van der Waals surface area contributed by atoms with Crippen LogP contribution in [0.1, 0.15) is 23.5 Å². The number of hydrogen-bond donors (Lipinski definition) is 1. The molecule has 0 aromatic heterocycles. The summed E-state index contributed by atoms with van der Waals surface area (Å²) in [6, 6.07) is 7.94. The van der Waals surface area contributed by atoms with Crippen LogP contribution in [0.3, 0.4) is 0 Å². The van der Waals surface area contributed by atoms with E-state index in [1.807, 2.05) is 18.2 Å². The molecule has 0 aliphatic carbocycles. The average Bonchev–Trinajstić information content (AvgIpc) is 2.61. The maximum absolute atomic E-state index is 8.79. The molecule has 0 bridgehead atoms. The first-order chi connectivity index (χ1) is 6.85. The lowest BCUT2D eigenvalue weighted by Gasteiger charge is -2.06. The Bertz CT molecular complexity index is 379. The van der Waals surface area contributed by atoms with E-state index in [0.29, 0.717) is 11.8 Å². The summed E-state index contributed by atoms with van der Waals surface area (Å²) in [7, 11) is 0. The van der Waals surface area contributed by atoms with Gasteiger partial charge >= 0.3 is 0 Å². The molecule has 1 aliphatic heterocycles. The fraction of sp³-hybridized carbons (Fsp3) is 0.364. The van der Waals surface area contributed by atoms with Gasteiger partial charge in [0, 0.05) is 24.0 Å². The molecule has 1 atom stereocenters. The van der Waals surface area contributed by atoms with E-state index in [0.717, 1.165) is 24.2 Å². The van der Waals surface area contributed by atoms with Gasteiger partial charge in [-0.3, -0.25) is 0 Å². The van der Waals surface area contributed by atoms with Crippen molar-refractivity contribution in [2.45, 2.75) is 12.3 Å². The molecule has 1 N–H and O–H groups in total. The second-order valence-corrected chi connectivity index (χ2v) is 3.85. The lowest BCUT2D eigenvalue weighted by Crippen LogP contribution is -2.02. The van der Waals surface area contributed by atoms with Crippen molar-refractivity contribution in [2.75, 3.05) is 17.7 Å². The molecule has 1 aromatic carbocycles. The van der Waals surface area contributed by atoms with E-state index in [9.17, 15) is 0 Å². The highest BCUT2D eigenvalue weighted by Crippen LogP contribution is 2.34. The van der Waals surface area contributed by atoms with Crippen LogP contribution in [0.15, 0.2) is 18.2 Å². The molecule has 0 spiro atoms. The van der Waals surface area contributed by atoms with Gasteiger partial charge < -0.3 is 5.32 Å². The predicted molar refractivity (Wildman–Crippen MR) is 57.7 cm³/mol. The Morgan fingerprint density at radius 3 is 3.14 bits per heavy atom. The molecule has 72 valence electrons. The van der Waals surface area contributed by atoms with Crippen molar-refractivity contribution in [3.63, 3.8) is 0 Å². The SMILES string of the molecule is N#Cc1ccc2c(c1)C(CCCl)CN2. The smallest absolute Gasteiger partial charge is 0.0991 e. The van der Waals surface area contributed by atoms with E-state index >= 15 is 0 Å². The van der Waals surface area contributed by atoms with Crippen molar-refractivity contribution in [1.82, 2.24) is 0 Å². The van der Waals surface area contributed by atoms with Gasteiger partial charge in [-0.15, -0.1) is 11.6 Å². The van der Waals surface area contributed by atoms with E-state index in [4.69, 9.17) is 16.9 Å². The number of benzene rings is 1. The zero-order chi connectivity index (χ0) is 9.97. The largest absolute Gasteiger partial charge is 0.384 e. The highest BCUT2D eigenvalue weighted by molar-refractivity contribution is 6.17. The summed E-state index contributed by atoms with van der Waals surface area (Å²) in [4.78, 5) is 0. The predicted octanol–water partition coefficient (Wildman–Crippen LogP) is 2.70. The van der Waals surface area contributed by atoms with Gasteiger partial charge in [0.2, 0.25) is 0 Å². The third-order valence-corrected chi connectivity index (χ3v) is 2.84. The van der Waals surface area contributed by atoms with Crippen molar-refractivity contribution in [1.29, 1.82) is 5.26 Å².